The molecular weight excluding hydrogens is 380 g/mol. The highest BCUT2D eigenvalue weighted by Gasteiger charge is 2.21. The van der Waals surface area contributed by atoms with Gasteiger partial charge in [-0.1, -0.05) is 48.5 Å². The highest BCUT2D eigenvalue weighted by Crippen LogP contribution is 2.29. The van der Waals surface area contributed by atoms with Crippen molar-refractivity contribution < 1.29 is 19.1 Å². The maximum absolute atomic E-state index is 12.6. The first-order valence-corrected chi connectivity index (χ1v) is 9.30. The lowest BCUT2D eigenvalue weighted by Crippen LogP contribution is -2.31. The maximum atomic E-state index is 12.6. The molecule has 3 rings (SSSR count). The second kappa shape index (κ2) is 9.89. The Morgan fingerprint density at radius 1 is 0.967 bits per heavy atom. The molecule has 0 radical (unpaired) electrons. The van der Waals surface area contributed by atoms with E-state index in [0.29, 0.717) is 11.1 Å². The molecule has 0 aliphatic carbocycles. The fourth-order valence-corrected chi connectivity index (χ4v) is 2.92. The molecule has 3 aromatic carbocycles. The van der Waals surface area contributed by atoms with Gasteiger partial charge in [0.25, 0.3) is 5.91 Å². The van der Waals surface area contributed by atoms with Gasteiger partial charge in [0.2, 0.25) is 0 Å². The second-order valence-corrected chi connectivity index (χ2v) is 6.46. The van der Waals surface area contributed by atoms with Gasteiger partial charge >= 0.3 is 5.97 Å². The van der Waals surface area contributed by atoms with Crippen LogP contribution < -0.4 is 14.8 Å². The number of benzene rings is 3. The van der Waals surface area contributed by atoms with Crippen molar-refractivity contribution in [2.45, 2.75) is 12.5 Å². The van der Waals surface area contributed by atoms with Crippen LogP contribution in [-0.2, 0) is 4.79 Å². The zero-order valence-electron chi connectivity index (χ0n) is 16.4. The number of nitrogens with zero attached hydrogens (tertiary/aromatic N) is 1. The van der Waals surface area contributed by atoms with E-state index in [-0.39, 0.29) is 23.8 Å². The molecule has 0 fully saturated rings. The van der Waals surface area contributed by atoms with Crippen molar-refractivity contribution in [2.75, 3.05) is 7.11 Å². The predicted octanol–water partition coefficient (Wildman–Crippen LogP) is 4.03. The lowest BCUT2D eigenvalue weighted by atomic mass is 10.0. The molecule has 0 aromatic heterocycles. The zero-order chi connectivity index (χ0) is 21.3. The lowest BCUT2D eigenvalue weighted by Gasteiger charge is -2.19. The van der Waals surface area contributed by atoms with Gasteiger partial charge in [-0.05, 0) is 29.8 Å². The minimum absolute atomic E-state index is 0.0776. The van der Waals surface area contributed by atoms with Crippen molar-refractivity contribution in [1.82, 2.24) is 5.32 Å². The molecule has 3 aromatic rings. The smallest absolute Gasteiger partial charge is 0.313 e. The van der Waals surface area contributed by atoms with E-state index in [4.69, 9.17) is 14.7 Å². The average Bonchev–Trinajstić information content (AvgIpc) is 2.80. The summed E-state index contributed by atoms with van der Waals surface area (Å²) in [4.78, 5) is 25.3. The van der Waals surface area contributed by atoms with Gasteiger partial charge in [0.15, 0.2) is 11.5 Å². The number of methoxy groups -OCH3 is 1. The van der Waals surface area contributed by atoms with Gasteiger partial charge in [0.1, 0.15) is 0 Å². The molecule has 1 N–H and O–H groups in total. The quantitative estimate of drug-likeness (QED) is 0.478. The van der Waals surface area contributed by atoms with E-state index in [9.17, 15) is 9.59 Å². The molecule has 0 aliphatic rings. The summed E-state index contributed by atoms with van der Waals surface area (Å²) in [5, 5.41) is 11.9. The number of amides is 1. The largest absolute Gasteiger partial charge is 0.493 e. The summed E-state index contributed by atoms with van der Waals surface area (Å²) in [5.74, 6) is -0.330. The highest BCUT2D eigenvalue weighted by atomic mass is 16.6. The Balaban J connectivity index is 1.77. The maximum Gasteiger partial charge on any atom is 0.313 e. The van der Waals surface area contributed by atoms with E-state index in [1.807, 2.05) is 42.5 Å². The molecule has 0 aliphatic heterocycles. The van der Waals surface area contributed by atoms with Gasteiger partial charge in [0.05, 0.1) is 31.2 Å². The summed E-state index contributed by atoms with van der Waals surface area (Å²) in [6.45, 7) is 0. The summed E-state index contributed by atoms with van der Waals surface area (Å²) >= 11 is 0. The summed E-state index contributed by atoms with van der Waals surface area (Å²) < 4.78 is 10.7. The van der Waals surface area contributed by atoms with Crippen molar-refractivity contribution in [3.63, 3.8) is 0 Å². The van der Waals surface area contributed by atoms with E-state index < -0.39 is 12.0 Å². The molecule has 0 saturated carbocycles. The Labute approximate surface area is 174 Å². The third-order valence-corrected chi connectivity index (χ3v) is 4.43. The van der Waals surface area contributed by atoms with E-state index in [1.54, 1.807) is 24.3 Å². The second-order valence-electron chi connectivity index (χ2n) is 6.46. The van der Waals surface area contributed by atoms with Crippen LogP contribution in [0.4, 0.5) is 0 Å². The third-order valence-electron chi connectivity index (χ3n) is 4.43. The van der Waals surface area contributed by atoms with Gasteiger partial charge in [-0.25, -0.2) is 0 Å². The summed E-state index contributed by atoms with van der Waals surface area (Å²) in [6, 6.07) is 24.0. The van der Waals surface area contributed by atoms with E-state index in [0.717, 1.165) is 5.56 Å². The summed E-state index contributed by atoms with van der Waals surface area (Å²) in [7, 11) is 1.43. The van der Waals surface area contributed by atoms with Gasteiger partial charge in [-0.2, -0.15) is 5.26 Å². The minimum Gasteiger partial charge on any atom is -0.493 e. The molecule has 0 heterocycles. The molecule has 150 valence electrons. The van der Waals surface area contributed by atoms with Crippen molar-refractivity contribution in [1.29, 1.82) is 5.26 Å². The molecule has 30 heavy (non-hydrogen) atoms. The average molecular weight is 400 g/mol. The van der Waals surface area contributed by atoms with Crippen molar-refractivity contribution in [3.8, 4) is 17.6 Å². The van der Waals surface area contributed by atoms with Gasteiger partial charge in [-0.3, -0.25) is 9.59 Å². The van der Waals surface area contributed by atoms with Gasteiger partial charge in [-0.15, -0.1) is 0 Å². The molecule has 6 nitrogen and oxygen atoms in total. The molecule has 0 spiro atoms. The van der Waals surface area contributed by atoms with Gasteiger partial charge in [0, 0.05) is 11.6 Å². The number of esters is 1. The van der Waals surface area contributed by atoms with Crippen LogP contribution in [0.3, 0.4) is 0 Å². The number of hydrogen-bond acceptors (Lipinski definition) is 5. The molecule has 6 heteroatoms. The fourth-order valence-electron chi connectivity index (χ4n) is 2.92. The first kappa shape index (κ1) is 20.6. The number of carbonyl (C=O) groups excluding carboxylic acids is 2. The fraction of sp³-hybridized carbons (Fsp3) is 0.125. The Hall–Kier alpha value is -4.11. The Morgan fingerprint density at radius 2 is 1.63 bits per heavy atom. The van der Waals surface area contributed by atoms with Crippen LogP contribution in [0.1, 0.15) is 33.9 Å². The summed E-state index contributed by atoms with van der Waals surface area (Å²) in [5.41, 5.74) is 1.68. The van der Waals surface area contributed by atoms with Crippen LogP contribution in [-0.4, -0.2) is 19.0 Å². The number of rotatable bonds is 7. The van der Waals surface area contributed by atoms with Crippen LogP contribution in [0.15, 0.2) is 78.9 Å². The molecular formula is C24H20N2O4. The third kappa shape index (κ3) is 5.24. The number of carbonyl (C=O) groups is 2. The number of hydrogen-bond donors (Lipinski definition) is 1. The summed E-state index contributed by atoms with van der Waals surface area (Å²) in [6.07, 6.45) is -0.0776. The lowest BCUT2D eigenvalue weighted by molar-refractivity contribution is -0.135. The normalized spacial score (nSPS) is 11.1. The van der Waals surface area contributed by atoms with Gasteiger partial charge < -0.3 is 14.8 Å². The van der Waals surface area contributed by atoms with Crippen LogP contribution in [0.25, 0.3) is 0 Å². The number of nitriles is 1. The van der Waals surface area contributed by atoms with E-state index in [2.05, 4.69) is 5.32 Å². The van der Waals surface area contributed by atoms with Crippen molar-refractivity contribution in [3.05, 3.63) is 95.6 Å². The Kier molecular flexibility index (Phi) is 6.80. The molecule has 1 atom stereocenters. The zero-order valence-corrected chi connectivity index (χ0v) is 16.4. The Morgan fingerprint density at radius 3 is 2.27 bits per heavy atom. The van der Waals surface area contributed by atoms with Crippen LogP contribution in [0.2, 0.25) is 0 Å². The topological polar surface area (TPSA) is 88.4 Å². The van der Waals surface area contributed by atoms with Crippen molar-refractivity contribution in [2.24, 2.45) is 0 Å². The van der Waals surface area contributed by atoms with Crippen LogP contribution in [0.5, 0.6) is 11.5 Å². The predicted molar refractivity (Wildman–Crippen MR) is 111 cm³/mol. The number of ether oxygens (including phenoxy) is 2. The van der Waals surface area contributed by atoms with E-state index >= 15 is 0 Å². The molecule has 1 amide bonds. The van der Waals surface area contributed by atoms with E-state index in [1.165, 1.54) is 25.3 Å². The van der Waals surface area contributed by atoms with Crippen LogP contribution >= 0.6 is 0 Å². The standard InChI is InChI=1S/C24H20N2O4/c1-29-22-14-17(16-25)12-13-21(22)30-23(27)15-20(18-8-4-2-5-9-18)26-24(28)19-10-6-3-7-11-19/h2-14,20H,15H2,1H3,(H,26,28). The molecule has 0 bridgehead atoms. The van der Waals surface area contributed by atoms with Crippen LogP contribution in [0, 0.1) is 11.3 Å². The monoisotopic (exact) mass is 400 g/mol. The molecule has 0 saturated heterocycles. The number of nitrogens with one attached hydrogen (secondary N) is 1. The minimum atomic E-state index is -0.573. The Bertz CT molecular complexity index is 1060. The first-order valence-electron chi connectivity index (χ1n) is 9.30. The SMILES string of the molecule is COc1cc(C#N)ccc1OC(=O)CC(NC(=O)c1ccccc1)c1ccccc1. The molecule has 1 unspecified atom stereocenters. The van der Waals surface area contributed by atoms with Crippen molar-refractivity contribution >= 4 is 11.9 Å². The first-order chi connectivity index (χ1) is 14.6. The highest BCUT2D eigenvalue weighted by molar-refractivity contribution is 5.94.